The molecule has 1 saturated heterocycles. The highest BCUT2D eigenvalue weighted by atomic mass is 19.4. The third kappa shape index (κ3) is 7.67. The summed E-state index contributed by atoms with van der Waals surface area (Å²) >= 11 is 0. The minimum absolute atomic E-state index is 0.115. The molecule has 1 fully saturated rings. The zero-order valence-corrected chi connectivity index (χ0v) is 24.3. The number of hydrogen-bond acceptors (Lipinski definition) is 5. The molecule has 3 aromatic carbocycles. The second-order valence-corrected chi connectivity index (χ2v) is 10.8. The topological polar surface area (TPSA) is 121 Å². The summed E-state index contributed by atoms with van der Waals surface area (Å²) in [6.07, 6.45) is -0.0365. The van der Waals surface area contributed by atoms with Crippen molar-refractivity contribution in [1.29, 1.82) is 5.41 Å². The van der Waals surface area contributed by atoms with Crippen molar-refractivity contribution in [3.05, 3.63) is 125 Å². The number of ether oxygens (including phenoxy) is 1. The van der Waals surface area contributed by atoms with Crippen LogP contribution >= 0.6 is 0 Å². The SMILES string of the molecule is N=C(N)c1ccc(OCc2ccccc2)c(C(Cc2cccnc2)C(=O)Nc2ccc(C(=O)N3CCCC3)c(C(F)(F)F)c2)c1. The minimum Gasteiger partial charge on any atom is -0.489 e. The van der Waals surface area contributed by atoms with Crippen molar-refractivity contribution in [2.75, 3.05) is 18.4 Å². The molecule has 8 nitrogen and oxygen atoms in total. The molecule has 0 saturated carbocycles. The molecule has 0 spiro atoms. The summed E-state index contributed by atoms with van der Waals surface area (Å²) in [5.41, 5.74) is 6.43. The second-order valence-electron chi connectivity index (χ2n) is 10.8. The van der Waals surface area contributed by atoms with E-state index in [1.807, 2.05) is 30.3 Å². The number of nitrogens with one attached hydrogen (secondary N) is 2. The predicted molar refractivity (Wildman–Crippen MR) is 164 cm³/mol. The van der Waals surface area contributed by atoms with Crippen LogP contribution in [0.2, 0.25) is 0 Å². The van der Waals surface area contributed by atoms with E-state index in [9.17, 15) is 22.8 Å². The number of carbonyl (C=O) groups excluding carboxylic acids is 2. The summed E-state index contributed by atoms with van der Waals surface area (Å²) in [5.74, 6) is -2.14. The Labute approximate surface area is 258 Å². The van der Waals surface area contributed by atoms with Crippen LogP contribution in [0.15, 0.2) is 91.3 Å². The Hall–Kier alpha value is -5.19. The lowest BCUT2D eigenvalue weighted by atomic mass is 9.89. The van der Waals surface area contributed by atoms with E-state index >= 15 is 0 Å². The predicted octanol–water partition coefficient (Wildman–Crippen LogP) is 6.16. The number of anilines is 1. The van der Waals surface area contributed by atoms with Crippen molar-refractivity contribution in [2.24, 2.45) is 5.73 Å². The van der Waals surface area contributed by atoms with Crippen LogP contribution < -0.4 is 15.8 Å². The Morgan fingerprint density at radius 2 is 1.71 bits per heavy atom. The summed E-state index contributed by atoms with van der Waals surface area (Å²) in [4.78, 5) is 32.5. The molecule has 1 atom stereocenters. The third-order valence-electron chi connectivity index (χ3n) is 7.63. The van der Waals surface area contributed by atoms with E-state index in [0.29, 0.717) is 35.5 Å². The first kappa shape index (κ1) is 31.2. The summed E-state index contributed by atoms with van der Waals surface area (Å²) in [6, 6.07) is 20.9. The molecule has 0 radical (unpaired) electrons. The number of benzene rings is 3. The molecule has 5 rings (SSSR count). The highest BCUT2D eigenvalue weighted by molar-refractivity contribution is 6.00. The van der Waals surface area contributed by atoms with Crippen LogP contribution in [-0.2, 0) is 24.0 Å². The van der Waals surface area contributed by atoms with Gasteiger partial charge in [0.2, 0.25) is 5.91 Å². The van der Waals surface area contributed by atoms with Gasteiger partial charge >= 0.3 is 6.18 Å². The highest BCUT2D eigenvalue weighted by Crippen LogP contribution is 2.36. The number of nitrogen functional groups attached to an aromatic ring is 1. The maximum atomic E-state index is 14.2. The van der Waals surface area contributed by atoms with E-state index in [1.165, 1.54) is 11.0 Å². The molecule has 1 aliphatic rings. The number of amidine groups is 1. The second kappa shape index (κ2) is 13.6. The molecule has 0 aliphatic carbocycles. The van der Waals surface area contributed by atoms with E-state index in [1.54, 1.807) is 42.7 Å². The van der Waals surface area contributed by atoms with E-state index in [-0.39, 0.29) is 24.6 Å². The first-order valence-corrected chi connectivity index (χ1v) is 14.5. The van der Waals surface area contributed by atoms with E-state index in [0.717, 1.165) is 30.5 Å². The number of pyridine rings is 1. The van der Waals surface area contributed by atoms with Gasteiger partial charge in [-0.3, -0.25) is 20.0 Å². The molecule has 45 heavy (non-hydrogen) atoms. The van der Waals surface area contributed by atoms with E-state index in [2.05, 4.69) is 10.3 Å². The van der Waals surface area contributed by atoms with Crippen LogP contribution in [0.25, 0.3) is 0 Å². The molecule has 1 aromatic heterocycles. The summed E-state index contributed by atoms with van der Waals surface area (Å²) in [7, 11) is 0. The van der Waals surface area contributed by atoms with E-state index < -0.39 is 35.0 Å². The van der Waals surface area contributed by atoms with Gasteiger partial charge in [0.25, 0.3) is 5.91 Å². The molecule has 2 heterocycles. The third-order valence-corrected chi connectivity index (χ3v) is 7.63. The van der Waals surface area contributed by atoms with Crippen molar-refractivity contribution in [2.45, 2.75) is 38.0 Å². The fraction of sp³-hybridized carbons (Fsp3) is 0.235. The first-order valence-electron chi connectivity index (χ1n) is 14.5. The zero-order valence-electron chi connectivity index (χ0n) is 24.3. The molecule has 0 bridgehead atoms. The number of nitrogens with two attached hydrogens (primary N) is 1. The van der Waals surface area contributed by atoms with Gasteiger partial charge in [0, 0.05) is 42.3 Å². The number of alkyl halides is 3. The minimum atomic E-state index is -4.82. The van der Waals surface area contributed by atoms with Gasteiger partial charge < -0.3 is 20.7 Å². The van der Waals surface area contributed by atoms with Crippen LogP contribution in [0.1, 0.15) is 56.9 Å². The average molecular weight is 616 g/mol. The summed E-state index contributed by atoms with van der Waals surface area (Å²) < 4.78 is 48.7. The normalized spacial score (nSPS) is 13.7. The van der Waals surface area contributed by atoms with Crippen LogP contribution in [0.5, 0.6) is 5.75 Å². The largest absolute Gasteiger partial charge is 0.489 e. The Morgan fingerprint density at radius 3 is 2.38 bits per heavy atom. The number of halogens is 3. The van der Waals surface area contributed by atoms with Crippen LogP contribution in [-0.4, -0.2) is 40.6 Å². The highest BCUT2D eigenvalue weighted by Gasteiger charge is 2.37. The van der Waals surface area contributed by atoms with Crippen molar-refractivity contribution in [3.8, 4) is 5.75 Å². The average Bonchev–Trinajstić information content (AvgIpc) is 3.58. The molecule has 2 amide bonds. The number of aromatic nitrogens is 1. The van der Waals surface area contributed by atoms with Crippen molar-refractivity contribution < 1.29 is 27.5 Å². The lowest BCUT2D eigenvalue weighted by Gasteiger charge is -2.23. The Kier molecular flexibility index (Phi) is 9.46. The number of hydrogen-bond donors (Lipinski definition) is 3. The van der Waals surface area contributed by atoms with Crippen molar-refractivity contribution in [3.63, 3.8) is 0 Å². The number of rotatable bonds is 10. The Balaban J connectivity index is 1.51. The van der Waals surface area contributed by atoms with Gasteiger partial charge in [0.05, 0.1) is 17.0 Å². The first-order chi connectivity index (χ1) is 21.6. The van der Waals surface area contributed by atoms with Gasteiger partial charge in [-0.25, -0.2) is 0 Å². The fourth-order valence-corrected chi connectivity index (χ4v) is 5.32. The fourth-order valence-electron chi connectivity index (χ4n) is 5.32. The van der Waals surface area contributed by atoms with Gasteiger partial charge in [-0.15, -0.1) is 0 Å². The van der Waals surface area contributed by atoms with E-state index in [4.69, 9.17) is 15.9 Å². The molecule has 232 valence electrons. The van der Waals surface area contributed by atoms with Gasteiger partial charge in [0.1, 0.15) is 18.2 Å². The van der Waals surface area contributed by atoms with Crippen LogP contribution in [0, 0.1) is 5.41 Å². The standard InChI is InChI=1S/C34H32F3N5O3/c35-34(36,37)29-19-25(11-12-26(29)33(44)42-15-4-5-16-42)41-32(43)28(17-23-9-6-14-40-20-23)27-18-24(31(38)39)10-13-30(27)45-21-22-7-2-1-3-8-22/h1-3,6-14,18-20,28H,4-5,15-17,21H2,(H3,38,39)(H,41,43). The van der Waals surface area contributed by atoms with Gasteiger partial charge in [-0.2, -0.15) is 13.2 Å². The smallest absolute Gasteiger partial charge is 0.417 e. The molecule has 4 aromatic rings. The van der Waals surface area contributed by atoms with Crippen molar-refractivity contribution >= 4 is 23.3 Å². The lowest BCUT2D eigenvalue weighted by molar-refractivity contribution is -0.138. The number of carbonyl (C=O) groups is 2. The summed E-state index contributed by atoms with van der Waals surface area (Å²) in [5, 5.41) is 10.6. The van der Waals surface area contributed by atoms with Crippen molar-refractivity contribution in [1.82, 2.24) is 9.88 Å². The number of likely N-dealkylation sites (tertiary alicyclic amines) is 1. The number of amides is 2. The lowest BCUT2D eigenvalue weighted by Crippen LogP contribution is -2.30. The van der Waals surface area contributed by atoms with Gasteiger partial charge in [0.15, 0.2) is 0 Å². The monoisotopic (exact) mass is 615 g/mol. The molecule has 1 unspecified atom stereocenters. The quantitative estimate of drug-likeness (QED) is 0.146. The molecule has 1 aliphatic heterocycles. The van der Waals surface area contributed by atoms with Crippen LogP contribution in [0.4, 0.5) is 18.9 Å². The van der Waals surface area contributed by atoms with Crippen LogP contribution in [0.3, 0.4) is 0 Å². The maximum absolute atomic E-state index is 14.2. The zero-order chi connectivity index (χ0) is 32.0. The summed E-state index contributed by atoms with van der Waals surface area (Å²) in [6.45, 7) is 0.993. The van der Waals surface area contributed by atoms with Gasteiger partial charge in [-0.1, -0.05) is 36.4 Å². The molecule has 11 heteroatoms. The molecular formula is C34H32F3N5O3. The Bertz CT molecular complexity index is 1670. The molecular weight excluding hydrogens is 583 g/mol. The maximum Gasteiger partial charge on any atom is 0.417 e. The Morgan fingerprint density at radius 1 is 0.978 bits per heavy atom. The number of nitrogens with zero attached hydrogens (tertiary/aromatic N) is 2. The molecule has 4 N–H and O–H groups in total. The van der Waals surface area contributed by atoms with Gasteiger partial charge in [-0.05, 0) is 72.9 Å².